The van der Waals surface area contributed by atoms with Crippen molar-refractivity contribution in [1.29, 1.82) is 0 Å². The summed E-state index contributed by atoms with van der Waals surface area (Å²) in [7, 11) is 0. The van der Waals surface area contributed by atoms with Crippen LogP contribution in [0.4, 0.5) is 0 Å². The molecule has 0 rings (SSSR count). The molecule has 0 aromatic rings. The Kier molecular flexibility index (Phi) is 4.10. The third-order valence-electron chi connectivity index (χ3n) is 0.484. The van der Waals surface area contributed by atoms with E-state index in [1.54, 1.807) is 6.92 Å². The van der Waals surface area contributed by atoms with E-state index in [2.05, 4.69) is 16.8 Å². The molecule has 1 unspecified atom stereocenters. The Morgan fingerprint density at radius 2 is 2.38 bits per heavy atom. The van der Waals surface area contributed by atoms with Gasteiger partial charge in [-0.3, -0.25) is 0 Å². The molecular weight excluding hydrogens is 104 g/mol. The predicted octanol–water partition coefficient (Wildman–Crippen LogP) is 0.365. The lowest BCUT2D eigenvalue weighted by Gasteiger charge is -1.87. The molecular formula is C6H10O2. The van der Waals surface area contributed by atoms with Gasteiger partial charge in [0.2, 0.25) is 0 Å². The summed E-state index contributed by atoms with van der Waals surface area (Å²) in [6.07, 6.45) is 1.75. The van der Waals surface area contributed by atoms with E-state index >= 15 is 0 Å². The Bertz CT molecular complexity index is 96.8. The lowest BCUT2D eigenvalue weighted by atomic mass is 10.4. The van der Waals surface area contributed by atoms with Crippen molar-refractivity contribution in [2.24, 2.45) is 0 Å². The van der Waals surface area contributed by atoms with Crippen LogP contribution in [0.2, 0.25) is 0 Å². The molecule has 0 aliphatic rings. The normalized spacial score (nSPS) is 11.4. The molecule has 2 heteroatoms. The molecule has 1 atom stereocenters. The summed E-state index contributed by atoms with van der Waals surface area (Å²) in [5.41, 5.74) is 0. The maximum Gasteiger partial charge on any atom is 0.115 e. The summed E-state index contributed by atoms with van der Waals surface area (Å²) in [5, 5.41) is 8.53. The average Bonchev–Trinajstić information content (AvgIpc) is 1.66. The first-order chi connectivity index (χ1) is 3.77. The van der Waals surface area contributed by atoms with Crippen molar-refractivity contribution in [3.63, 3.8) is 0 Å². The SMILES string of the molecule is CCOC#CC(C)O. The van der Waals surface area contributed by atoms with E-state index in [1.807, 2.05) is 6.92 Å². The zero-order valence-electron chi connectivity index (χ0n) is 5.14. The molecule has 0 bridgehead atoms. The van der Waals surface area contributed by atoms with Gasteiger partial charge in [0.05, 0.1) is 6.61 Å². The van der Waals surface area contributed by atoms with Crippen LogP contribution in [0.5, 0.6) is 0 Å². The second kappa shape index (κ2) is 4.48. The molecule has 0 saturated heterocycles. The van der Waals surface area contributed by atoms with Gasteiger partial charge in [0.15, 0.2) is 0 Å². The van der Waals surface area contributed by atoms with Crippen LogP contribution in [0, 0.1) is 12.0 Å². The second-order valence-corrected chi connectivity index (χ2v) is 1.36. The van der Waals surface area contributed by atoms with Crippen LogP contribution in [0.3, 0.4) is 0 Å². The lowest BCUT2D eigenvalue weighted by molar-refractivity contribution is 0.247. The summed E-state index contributed by atoms with van der Waals surface area (Å²) >= 11 is 0. The Labute approximate surface area is 49.5 Å². The topological polar surface area (TPSA) is 29.5 Å². The monoisotopic (exact) mass is 114 g/mol. The van der Waals surface area contributed by atoms with E-state index in [0.717, 1.165) is 0 Å². The van der Waals surface area contributed by atoms with Gasteiger partial charge in [0.25, 0.3) is 0 Å². The van der Waals surface area contributed by atoms with E-state index in [4.69, 9.17) is 5.11 Å². The molecule has 46 valence electrons. The van der Waals surface area contributed by atoms with Gasteiger partial charge in [-0.2, -0.15) is 0 Å². The smallest absolute Gasteiger partial charge is 0.115 e. The van der Waals surface area contributed by atoms with Crippen LogP contribution in [0.15, 0.2) is 0 Å². The molecule has 0 fully saturated rings. The summed E-state index contributed by atoms with van der Waals surface area (Å²) in [4.78, 5) is 0. The Balaban J connectivity index is 3.20. The zero-order valence-corrected chi connectivity index (χ0v) is 5.14. The standard InChI is InChI=1S/C6H10O2/c1-3-8-5-4-6(2)7/h6-7H,3H2,1-2H3. The minimum atomic E-state index is -0.582. The first-order valence-electron chi connectivity index (χ1n) is 2.57. The Morgan fingerprint density at radius 3 is 2.75 bits per heavy atom. The van der Waals surface area contributed by atoms with E-state index in [0.29, 0.717) is 6.61 Å². The molecule has 0 spiro atoms. The van der Waals surface area contributed by atoms with Gasteiger partial charge in [0.1, 0.15) is 12.2 Å². The molecule has 0 aliphatic carbocycles. The van der Waals surface area contributed by atoms with Crippen molar-refractivity contribution >= 4 is 0 Å². The fourth-order valence-corrected chi connectivity index (χ4v) is 0.199. The number of hydrogen-bond donors (Lipinski definition) is 1. The first-order valence-corrected chi connectivity index (χ1v) is 2.57. The van der Waals surface area contributed by atoms with E-state index in [9.17, 15) is 0 Å². The lowest BCUT2D eigenvalue weighted by Crippen LogP contribution is -1.93. The molecule has 8 heavy (non-hydrogen) atoms. The van der Waals surface area contributed by atoms with Crippen molar-refractivity contribution in [3.05, 3.63) is 0 Å². The molecule has 0 saturated carbocycles. The highest BCUT2D eigenvalue weighted by Crippen LogP contribution is 1.72. The highest BCUT2D eigenvalue weighted by molar-refractivity contribution is 4.96. The van der Waals surface area contributed by atoms with Gasteiger partial charge >= 0.3 is 0 Å². The van der Waals surface area contributed by atoms with Crippen molar-refractivity contribution in [2.75, 3.05) is 6.61 Å². The van der Waals surface area contributed by atoms with Crippen molar-refractivity contribution < 1.29 is 9.84 Å². The van der Waals surface area contributed by atoms with E-state index in [-0.39, 0.29) is 0 Å². The second-order valence-electron chi connectivity index (χ2n) is 1.36. The van der Waals surface area contributed by atoms with Crippen molar-refractivity contribution in [3.8, 4) is 12.0 Å². The first kappa shape index (κ1) is 7.32. The molecule has 0 aromatic carbocycles. The molecule has 0 radical (unpaired) electrons. The number of ether oxygens (including phenoxy) is 1. The highest BCUT2D eigenvalue weighted by atomic mass is 16.5. The third kappa shape index (κ3) is 5.32. The average molecular weight is 114 g/mol. The van der Waals surface area contributed by atoms with Crippen LogP contribution < -0.4 is 0 Å². The van der Waals surface area contributed by atoms with Crippen molar-refractivity contribution in [2.45, 2.75) is 20.0 Å². The molecule has 0 amide bonds. The van der Waals surface area contributed by atoms with Crippen LogP contribution >= 0.6 is 0 Å². The summed E-state index contributed by atoms with van der Waals surface area (Å²) in [6, 6.07) is 0. The Hall–Kier alpha value is -0.680. The maximum atomic E-state index is 8.53. The molecule has 0 aromatic heterocycles. The molecule has 0 aliphatic heterocycles. The molecule has 2 nitrogen and oxygen atoms in total. The zero-order chi connectivity index (χ0) is 6.41. The fourth-order valence-electron chi connectivity index (χ4n) is 0.199. The largest absolute Gasteiger partial charge is 0.447 e. The fraction of sp³-hybridized carbons (Fsp3) is 0.667. The minimum absolute atomic E-state index is 0.569. The van der Waals surface area contributed by atoms with Crippen molar-refractivity contribution in [1.82, 2.24) is 0 Å². The van der Waals surface area contributed by atoms with Crippen LogP contribution in [-0.2, 0) is 4.74 Å². The number of aliphatic hydroxyl groups excluding tert-OH is 1. The highest BCUT2D eigenvalue weighted by Gasteiger charge is 1.80. The van der Waals surface area contributed by atoms with Gasteiger partial charge in [-0.25, -0.2) is 0 Å². The van der Waals surface area contributed by atoms with Crippen LogP contribution in [-0.4, -0.2) is 17.8 Å². The van der Waals surface area contributed by atoms with Crippen LogP contribution in [0.1, 0.15) is 13.8 Å². The van der Waals surface area contributed by atoms with Gasteiger partial charge in [0, 0.05) is 0 Å². The summed E-state index contributed by atoms with van der Waals surface area (Å²) in [6.45, 7) is 4.00. The van der Waals surface area contributed by atoms with Gasteiger partial charge < -0.3 is 9.84 Å². The van der Waals surface area contributed by atoms with Gasteiger partial charge in [-0.1, -0.05) is 0 Å². The van der Waals surface area contributed by atoms with E-state index in [1.165, 1.54) is 0 Å². The van der Waals surface area contributed by atoms with E-state index < -0.39 is 6.10 Å². The van der Waals surface area contributed by atoms with Crippen LogP contribution in [0.25, 0.3) is 0 Å². The van der Waals surface area contributed by atoms with Gasteiger partial charge in [-0.15, -0.1) is 0 Å². The number of hydrogen-bond acceptors (Lipinski definition) is 2. The summed E-state index contributed by atoms with van der Waals surface area (Å²) in [5.74, 6) is 2.43. The van der Waals surface area contributed by atoms with Gasteiger partial charge in [-0.05, 0) is 19.8 Å². The summed E-state index contributed by atoms with van der Waals surface area (Å²) < 4.78 is 4.62. The Morgan fingerprint density at radius 1 is 1.75 bits per heavy atom. The third-order valence-corrected chi connectivity index (χ3v) is 0.484. The minimum Gasteiger partial charge on any atom is -0.447 e. The number of aliphatic hydroxyl groups is 1. The maximum absolute atomic E-state index is 8.53. The molecule has 1 N–H and O–H groups in total. The number of rotatable bonds is 1. The predicted molar refractivity (Wildman–Crippen MR) is 31.1 cm³/mol. The molecule has 0 heterocycles. The quantitative estimate of drug-likeness (QED) is 0.499.